The Morgan fingerprint density at radius 3 is 1.49 bits per heavy atom. The fourth-order valence-electron chi connectivity index (χ4n) is 6.67. The van der Waals surface area contributed by atoms with Crippen molar-refractivity contribution in [1.82, 2.24) is 5.32 Å². The van der Waals surface area contributed by atoms with Crippen LogP contribution in [0.2, 0.25) is 0 Å². The Morgan fingerprint density at radius 2 is 1.02 bits per heavy atom. The minimum Gasteiger partial charge on any atom is -0.390 e. The van der Waals surface area contributed by atoms with Gasteiger partial charge in [-0.3, -0.25) is 13.8 Å². The molecular weight excluding hydrogens is 784 g/mol. The molecule has 0 bridgehead atoms. The minimum absolute atomic E-state index is 0.0148. The Balaban J connectivity index is 4.41. The number of phosphoric acid groups is 1. The van der Waals surface area contributed by atoms with Gasteiger partial charge in [-0.25, -0.2) is 4.57 Å². The van der Waals surface area contributed by atoms with Crippen LogP contribution in [0.5, 0.6) is 0 Å². The topological polar surface area (TPSA) is 125 Å². The molecule has 0 aliphatic carbocycles. The van der Waals surface area contributed by atoms with Gasteiger partial charge < -0.3 is 24.9 Å². The molecular formula is C51H94N2O7P+. The predicted octanol–water partition coefficient (Wildman–Crippen LogP) is 12.9. The quantitative estimate of drug-likeness (QED) is 0.0208. The first kappa shape index (κ1) is 58.9. The van der Waals surface area contributed by atoms with Gasteiger partial charge in [-0.15, -0.1) is 0 Å². The lowest BCUT2D eigenvalue weighted by Crippen LogP contribution is -2.51. The molecule has 354 valence electrons. The highest BCUT2D eigenvalue weighted by Gasteiger charge is 2.31. The molecule has 0 aliphatic heterocycles. The summed E-state index contributed by atoms with van der Waals surface area (Å²) in [6.07, 6.45) is 52.4. The smallest absolute Gasteiger partial charge is 0.390 e. The van der Waals surface area contributed by atoms with E-state index in [4.69, 9.17) is 9.05 Å². The second kappa shape index (κ2) is 41.9. The van der Waals surface area contributed by atoms with Crippen LogP contribution in [0.15, 0.2) is 72.9 Å². The van der Waals surface area contributed by atoms with Crippen molar-refractivity contribution in [2.24, 2.45) is 0 Å². The number of amides is 1. The van der Waals surface area contributed by atoms with Crippen LogP contribution in [0, 0.1) is 0 Å². The number of hydrogen-bond acceptors (Lipinski definition) is 6. The standard InChI is InChI=1S/C51H93N2O7P/c1-6-8-10-12-14-16-18-20-21-22-23-24-25-26-27-28-29-30-31-32-34-36-38-40-42-44-50(55)52-48(47-60-61(57,58)59-46-45-53(3,4)5)51(56)49(54)43-41-39-37-35-33-19-17-15-13-11-9-7-2/h8,10,14,16,20-21,23-24,26-27,29-30,48-49,51,54,56H,6-7,9,11-13,15,17-19,22,25,28,31-47H2,1-5H3,(H-,52,55,57,58)/p+1/b10-8-,16-14-,21-20-,24-23-,27-26-,30-29-. The zero-order valence-corrected chi connectivity index (χ0v) is 40.6. The van der Waals surface area contributed by atoms with E-state index in [2.05, 4.69) is 92.1 Å². The number of allylic oxidation sites excluding steroid dienone is 12. The average Bonchev–Trinajstić information content (AvgIpc) is 3.21. The number of unbranched alkanes of at least 4 members (excludes halogenated alkanes) is 17. The van der Waals surface area contributed by atoms with Gasteiger partial charge in [-0.2, -0.15) is 0 Å². The van der Waals surface area contributed by atoms with Crippen molar-refractivity contribution in [1.29, 1.82) is 0 Å². The third kappa shape index (κ3) is 43.0. The van der Waals surface area contributed by atoms with Gasteiger partial charge in [0, 0.05) is 6.42 Å². The van der Waals surface area contributed by atoms with E-state index in [1.54, 1.807) is 0 Å². The van der Waals surface area contributed by atoms with Gasteiger partial charge in [0.15, 0.2) is 0 Å². The Hall–Kier alpha value is -2.10. The van der Waals surface area contributed by atoms with Crippen molar-refractivity contribution in [3.8, 4) is 0 Å². The van der Waals surface area contributed by atoms with Crippen LogP contribution in [0.1, 0.15) is 187 Å². The van der Waals surface area contributed by atoms with Crippen LogP contribution in [-0.2, 0) is 18.4 Å². The highest BCUT2D eigenvalue weighted by Crippen LogP contribution is 2.43. The lowest BCUT2D eigenvalue weighted by molar-refractivity contribution is -0.870. The molecule has 4 N–H and O–H groups in total. The van der Waals surface area contributed by atoms with E-state index in [1.807, 2.05) is 21.1 Å². The third-order valence-corrected chi connectivity index (χ3v) is 11.5. The average molecular weight is 878 g/mol. The summed E-state index contributed by atoms with van der Waals surface area (Å²) in [5.41, 5.74) is 0. The summed E-state index contributed by atoms with van der Waals surface area (Å²) in [5, 5.41) is 24.7. The fourth-order valence-corrected chi connectivity index (χ4v) is 7.41. The van der Waals surface area contributed by atoms with Crippen molar-refractivity contribution in [3.63, 3.8) is 0 Å². The Labute approximate surface area is 375 Å². The van der Waals surface area contributed by atoms with Crippen molar-refractivity contribution < 1.29 is 38.0 Å². The van der Waals surface area contributed by atoms with E-state index in [0.29, 0.717) is 23.9 Å². The fraction of sp³-hybridized carbons (Fsp3) is 0.745. The number of carbonyl (C=O) groups excluding carboxylic acids is 1. The number of phosphoric ester groups is 1. The van der Waals surface area contributed by atoms with Gasteiger partial charge in [0.05, 0.1) is 39.9 Å². The van der Waals surface area contributed by atoms with Crippen LogP contribution in [0.4, 0.5) is 0 Å². The van der Waals surface area contributed by atoms with Crippen LogP contribution < -0.4 is 5.32 Å². The maximum Gasteiger partial charge on any atom is 0.472 e. The number of quaternary nitrogens is 1. The maximum atomic E-state index is 12.9. The second-order valence-electron chi connectivity index (χ2n) is 17.6. The number of nitrogens with zero attached hydrogens (tertiary/aromatic N) is 1. The Morgan fingerprint density at radius 1 is 0.590 bits per heavy atom. The number of carbonyl (C=O) groups is 1. The van der Waals surface area contributed by atoms with Gasteiger partial charge in [-0.05, 0) is 64.2 Å². The summed E-state index contributed by atoms with van der Waals surface area (Å²) in [6, 6.07) is -1.05. The number of aliphatic hydroxyl groups excluding tert-OH is 2. The molecule has 0 heterocycles. The lowest BCUT2D eigenvalue weighted by Gasteiger charge is -2.28. The van der Waals surface area contributed by atoms with Gasteiger partial charge in [0.1, 0.15) is 19.3 Å². The highest BCUT2D eigenvalue weighted by atomic mass is 31.2. The molecule has 9 nitrogen and oxygen atoms in total. The second-order valence-corrected chi connectivity index (χ2v) is 19.0. The van der Waals surface area contributed by atoms with E-state index in [-0.39, 0.29) is 18.9 Å². The van der Waals surface area contributed by atoms with Gasteiger partial charge >= 0.3 is 7.82 Å². The summed E-state index contributed by atoms with van der Waals surface area (Å²) in [6.45, 7) is 4.46. The van der Waals surface area contributed by atoms with Crippen LogP contribution in [0.3, 0.4) is 0 Å². The first-order valence-electron chi connectivity index (χ1n) is 24.4. The molecule has 61 heavy (non-hydrogen) atoms. The monoisotopic (exact) mass is 878 g/mol. The SMILES string of the molecule is CC/C=C\C/C=C\C/C=C\C/C=C\C/C=C\C/C=C\CCCCCCCCC(=O)NC(COP(=O)(O)OCC[N+](C)(C)C)C(O)C(O)CCCCCCCCCCCCCC. The van der Waals surface area contributed by atoms with Crippen molar-refractivity contribution in [2.45, 2.75) is 205 Å². The molecule has 0 rings (SSSR count). The molecule has 0 aromatic rings. The molecule has 0 aliphatic rings. The van der Waals surface area contributed by atoms with Gasteiger partial charge in [0.2, 0.25) is 5.91 Å². The minimum atomic E-state index is -4.42. The van der Waals surface area contributed by atoms with Gasteiger partial charge in [0.25, 0.3) is 0 Å². The van der Waals surface area contributed by atoms with E-state index >= 15 is 0 Å². The van der Waals surface area contributed by atoms with Crippen LogP contribution in [0.25, 0.3) is 0 Å². The summed E-state index contributed by atoms with van der Waals surface area (Å²) >= 11 is 0. The molecule has 1 amide bonds. The molecule has 0 saturated carbocycles. The van der Waals surface area contributed by atoms with Crippen molar-refractivity contribution >= 4 is 13.7 Å². The molecule has 0 aromatic carbocycles. The number of hydrogen-bond donors (Lipinski definition) is 4. The zero-order valence-electron chi connectivity index (χ0n) is 39.7. The van der Waals surface area contributed by atoms with Crippen molar-refractivity contribution in [2.75, 3.05) is 40.9 Å². The van der Waals surface area contributed by atoms with E-state index < -0.39 is 32.7 Å². The molecule has 0 aromatic heterocycles. The molecule has 0 saturated heterocycles. The van der Waals surface area contributed by atoms with E-state index in [9.17, 15) is 24.5 Å². The number of likely N-dealkylation sites (N-methyl/N-ethyl adjacent to an activating group) is 1. The Kier molecular flexibility index (Phi) is 40.4. The number of rotatable bonds is 43. The van der Waals surface area contributed by atoms with E-state index in [1.165, 1.54) is 57.8 Å². The normalized spacial score (nSPS) is 15.3. The molecule has 0 radical (unpaired) electrons. The molecule has 10 heteroatoms. The zero-order chi connectivity index (χ0) is 45.1. The molecule has 4 atom stereocenters. The molecule has 0 fully saturated rings. The van der Waals surface area contributed by atoms with E-state index in [0.717, 1.165) is 96.3 Å². The van der Waals surface area contributed by atoms with Crippen LogP contribution >= 0.6 is 7.82 Å². The largest absolute Gasteiger partial charge is 0.472 e. The summed E-state index contributed by atoms with van der Waals surface area (Å²) < 4.78 is 23.5. The van der Waals surface area contributed by atoms with Gasteiger partial charge in [-0.1, -0.05) is 189 Å². The summed E-state index contributed by atoms with van der Waals surface area (Å²) in [5.74, 6) is -0.276. The predicted molar refractivity (Wildman–Crippen MR) is 259 cm³/mol. The third-order valence-electron chi connectivity index (χ3n) is 10.6. The molecule has 0 spiro atoms. The number of nitrogens with one attached hydrogen (secondary N) is 1. The maximum absolute atomic E-state index is 12.9. The number of aliphatic hydroxyl groups is 2. The summed E-state index contributed by atoms with van der Waals surface area (Å²) in [7, 11) is 1.41. The lowest BCUT2D eigenvalue weighted by atomic mass is 9.99. The van der Waals surface area contributed by atoms with Crippen molar-refractivity contribution in [3.05, 3.63) is 72.9 Å². The first-order chi connectivity index (χ1) is 29.4. The highest BCUT2D eigenvalue weighted by molar-refractivity contribution is 7.47. The Bertz CT molecular complexity index is 1240. The van der Waals surface area contributed by atoms with Crippen LogP contribution in [-0.4, -0.2) is 84.6 Å². The first-order valence-corrected chi connectivity index (χ1v) is 25.9. The summed E-state index contributed by atoms with van der Waals surface area (Å²) in [4.78, 5) is 23.2. The molecule has 4 unspecified atom stereocenters.